The Morgan fingerprint density at radius 1 is 1.38 bits per heavy atom. The third kappa shape index (κ3) is 2.10. The second-order valence-electron chi connectivity index (χ2n) is 3.37. The molecule has 1 aromatic carbocycles. The monoisotopic (exact) mass is 213 g/mol. The lowest BCUT2D eigenvalue weighted by molar-refractivity contribution is 0.312. The average molecular weight is 213 g/mol. The lowest BCUT2D eigenvalue weighted by atomic mass is 10.2. The van der Waals surface area contributed by atoms with Crippen molar-refractivity contribution in [1.29, 1.82) is 5.26 Å². The van der Waals surface area contributed by atoms with Crippen molar-refractivity contribution in [2.45, 2.75) is 6.04 Å². The summed E-state index contributed by atoms with van der Waals surface area (Å²) in [6.45, 7) is 0.185. The maximum absolute atomic E-state index is 8.56. The molecule has 0 spiro atoms. The maximum atomic E-state index is 8.56. The number of hydrogen-bond donors (Lipinski definition) is 1. The molecule has 2 aromatic rings. The van der Waals surface area contributed by atoms with Crippen LogP contribution in [0.1, 0.15) is 0 Å². The van der Waals surface area contributed by atoms with Crippen molar-refractivity contribution in [2.24, 2.45) is 5.73 Å². The zero-order valence-electron chi connectivity index (χ0n) is 8.63. The molecule has 0 radical (unpaired) electrons. The van der Waals surface area contributed by atoms with Crippen molar-refractivity contribution in [3.05, 3.63) is 36.5 Å². The van der Waals surface area contributed by atoms with Gasteiger partial charge in [-0.05, 0) is 24.3 Å². The van der Waals surface area contributed by atoms with E-state index in [1.54, 1.807) is 6.20 Å². The van der Waals surface area contributed by atoms with Gasteiger partial charge in [0.2, 0.25) is 0 Å². The molecule has 1 atom stereocenters. The third-order valence-electron chi connectivity index (χ3n) is 2.19. The number of pyridine rings is 1. The molecular weight excluding hydrogens is 202 g/mol. The van der Waals surface area contributed by atoms with Crippen LogP contribution in [0, 0.1) is 11.3 Å². The minimum absolute atomic E-state index is 0.185. The fraction of sp³-hybridized carbons (Fsp3) is 0.167. The summed E-state index contributed by atoms with van der Waals surface area (Å²) in [6.07, 6.45) is 1.73. The van der Waals surface area contributed by atoms with Crippen LogP contribution in [0.15, 0.2) is 36.5 Å². The van der Waals surface area contributed by atoms with Crippen LogP contribution >= 0.6 is 0 Å². The van der Waals surface area contributed by atoms with Gasteiger partial charge >= 0.3 is 0 Å². The van der Waals surface area contributed by atoms with E-state index in [1.807, 2.05) is 36.4 Å². The SMILES string of the molecule is N#CC(N)COc1cccc2ncccc12. The van der Waals surface area contributed by atoms with Crippen molar-refractivity contribution in [3.63, 3.8) is 0 Å². The fourth-order valence-electron chi connectivity index (χ4n) is 1.42. The van der Waals surface area contributed by atoms with E-state index in [0.29, 0.717) is 5.75 Å². The second kappa shape index (κ2) is 4.60. The summed E-state index contributed by atoms with van der Waals surface area (Å²) < 4.78 is 5.48. The van der Waals surface area contributed by atoms with E-state index in [0.717, 1.165) is 10.9 Å². The van der Waals surface area contributed by atoms with E-state index in [2.05, 4.69) is 4.98 Å². The Morgan fingerprint density at radius 3 is 3.06 bits per heavy atom. The predicted molar refractivity (Wildman–Crippen MR) is 60.8 cm³/mol. The maximum Gasteiger partial charge on any atom is 0.128 e. The third-order valence-corrected chi connectivity index (χ3v) is 2.19. The number of benzene rings is 1. The van der Waals surface area contributed by atoms with Crippen LogP contribution in [0.5, 0.6) is 5.75 Å². The molecule has 0 saturated carbocycles. The summed E-state index contributed by atoms with van der Waals surface area (Å²) in [5.41, 5.74) is 6.33. The van der Waals surface area contributed by atoms with Gasteiger partial charge in [0, 0.05) is 11.6 Å². The van der Waals surface area contributed by atoms with Gasteiger partial charge in [0.05, 0.1) is 11.6 Å². The largest absolute Gasteiger partial charge is 0.490 e. The lowest BCUT2D eigenvalue weighted by Crippen LogP contribution is -2.25. The van der Waals surface area contributed by atoms with E-state index < -0.39 is 6.04 Å². The van der Waals surface area contributed by atoms with Crippen molar-refractivity contribution in [2.75, 3.05) is 6.61 Å². The standard InChI is InChI=1S/C12H11N3O/c13-7-9(14)8-16-12-5-1-4-11-10(12)3-2-6-15-11/h1-6,9H,8,14H2. The van der Waals surface area contributed by atoms with Gasteiger partial charge in [-0.15, -0.1) is 0 Å². The van der Waals surface area contributed by atoms with Crippen LogP contribution in [-0.2, 0) is 0 Å². The Kier molecular flexibility index (Phi) is 2.99. The van der Waals surface area contributed by atoms with E-state index >= 15 is 0 Å². The Hall–Kier alpha value is -2.12. The summed E-state index contributed by atoms with van der Waals surface area (Å²) >= 11 is 0. The molecule has 16 heavy (non-hydrogen) atoms. The molecule has 4 heteroatoms. The topological polar surface area (TPSA) is 71.9 Å². The van der Waals surface area contributed by atoms with Gasteiger partial charge < -0.3 is 10.5 Å². The van der Waals surface area contributed by atoms with E-state index in [-0.39, 0.29) is 6.61 Å². The van der Waals surface area contributed by atoms with Crippen molar-refractivity contribution in [1.82, 2.24) is 4.98 Å². The molecule has 0 aliphatic carbocycles. The summed E-state index contributed by atoms with van der Waals surface area (Å²) in [5.74, 6) is 0.705. The van der Waals surface area contributed by atoms with E-state index in [9.17, 15) is 0 Å². The van der Waals surface area contributed by atoms with Gasteiger partial charge in [-0.3, -0.25) is 4.98 Å². The Bertz CT molecular complexity index is 528. The molecule has 1 unspecified atom stereocenters. The quantitative estimate of drug-likeness (QED) is 0.837. The normalized spacial score (nSPS) is 12.0. The number of rotatable bonds is 3. The first-order chi connectivity index (χ1) is 7.81. The fourth-order valence-corrected chi connectivity index (χ4v) is 1.42. The Balaban J connectivity index is 2.28. The Labute approximate surface area is 93.3 Å². The van der Waals surface area contributed by atoms with Crippen molar-refractivity contribution in [3.8, 4) is 11.8 Å². The highest BCUT2D eigenvalue weighted by Gasteiger charge is 2.04. The summed E-state index contributed by atoms with van der Waals surface area (Å²) in [6, 6.07) is 10.7. The molecule has 2 rings (SSSR count). The van der Waals surface area contributed by atoms with E-state index in [1.165, 1.54) is 0 Å². The van der Waals surface area contributed by atoms with Gasteiger partial charge in [0.1, 0.15) is 18.4 Å². The molecule has 0 aliphatic rings. The predicted octanol–water partition coefficient (Wildman–Crippen LogP) is 1.46. The van der Waals surface area contributed by atoms with Crippen LogP contribution < -0.4 is 10.5 Å². The van der Waals surface area contributed by atoms with Gasteiger partial charge in [-0.2, -0.15) is 5.26 Å². The molecular formula is C12H11N3O. The first kappa shape index (κ1) is 10.4. The minimum Gasteiger partial charge on any atom is -0.490 e. The number of fused-ring (bicyclic) bond motifs is 1. The number of nitrogens with two attached hydrogens (primary N) is 1. The highest BCUT2D eigenvalue weighted by Crippen LogP contribution is 2.23. The molecule has 0 bridgehead atoms. The number of nitrogens with zero attached hydrogens (tertiary/aromatic N) is 2. The van der Waals surface area contributed by atoms with Crippen LogP contribution in [0.3, 0.4) is 0 Å². The van der Waals surface area contributed by atoms with Crippen LogP contribution in [0.25, 0.3) is 10.9 Å². The molecule has 0 aliphatic heterocycles. The number of ether oxygens (including phenoxy) is 1. The summed E-state index contributed by atoms with van der Waals surface area (Å²) in [7, 11) is 0. The average Bonchev–Trinajstić information content (AvgIpc) is 2.35. The number of aromatic nitrogens is 1. The number of hydrogen-bond acceptors (Lipinski definition) is 4. The Morgan fingerprint density at radius 2 is 2.25 bits per heavy atom. The first-order valence-electron chi connectivity index (χ1n) is 4.93. The minimum atomic E-state index is -0.605. The number of nitriles is 1. The zero-order chi connectivity index (χ0) is 11.4. The molecule has 0 amide bonds. The molecule has 1 heterocycles. The molecule has 0 saturated heterocycles. The van der Waals surface area contributed by atoms with Gasteiger partial charge in [-0.1, -0.05) is 6.07 Å². The van der Waals surface area contributed by atoms with E-state index in [4.69, 9.17) is 15.7 Å². The molecule has 2 N–H and O–H groups in total. The van der Waals surface area contributed by atoms with Crippen LogP contribution in [0.2, 0.25) is 0 Å². The summed E-state index contributed by atoms with van der Waals surface area (Å²) in [5, 5.41) is 9.48. The van der Waals surface area contributed by atoms with Gasteiger partial charge in [0.15, 0.2) is 0 Å². The van der Waals surface area contributed by atoms with Crippen LogP contribution in [0.4, 0.5) is 0 Å². The molecule has 80 valence electrons. The highest BCUT2D eigenvalue weighted by molar-refractivity contribution is 5.84. The second-order valence-corrected chi connectivity index (χ2v) is 3.37. The highest BCUT2D eigenvalue weighted by atomic mass is 16.5. The molecule has 1 aromatic heterocycles. The zero-order valence-corrected chi connectivity index (χ0v) is 8.63. The lowest BCUT2D eigenvalue weighted by Gasteiger charge is -2.09. The smallest absolute Gasteiger partial charge is 0.128 e. The van der Waals surface area contributed by atoms with Crippen molar-refractivity contribution < 1.29 is 4.74 Å². The van der Waals surface area contributed by atoms with Gasteiger partial charge in [0.25, 0.3) is 0 Å². The summed E-state index contributed by atoms with van der Waals surface area (Å²) in [4.78, 5) is 4.21. The van der Waals surface area contributed by atoms with Gasteiger partial charge in [-0.25, -0.2) is 0 Å². The first-order valence-corrected chi connectivity index (χ1v) is 4.93. The van der Waals surface area contributed by atoms with Crippen LogP contribution in [-0.4, -0.2) is 17.6 Å². The molecule has 0 fully saturated rings. The molecule has 4 nitrogen and oxygen atoms in total. The van der Waals surface area contributed by atoms with Crippen molar-refractivity contribution >= 4 is 10.9 Å².